The van der Waals surface area contributed by atoms with Gasteiger partial charge in [-0.25, -0.2) is 0 Å². The zero-order chi connectivity index (χ0) is 20.4. The second kappa shape index (κ2) is 8.64. The number of tetrazole rings is 1. The van der Waals surface area contributed by atoms with Gasteiger partial charge in [0.05, 0.1) is 19.3 Å². The molecular formula is C20H30N6O3. The molecule has 2 fully saturated rings. The van der Waals surface area contributed by atoms with Gasteiger partial charge in [-0.1, -0.05) is 25.0 Å². The third-order valence-electron chi connectivity index (χ3n) is 5.48. The normalized spacial score (nSPS) is 26.1. The monoisotopic (exact) mass is 402 g/mol. The van der Waals surface area contributed by atoms with Gasteiger partial charge in [0.1, 0.15) is 24.0 Å². The van der Waals surface area contributed by atoms with Crippen molar-refractivity contribution in [3.05, 3.63) is 24.3 Å². The minimum Gasteiger partial charge on any atom is -0.423 e. The molecule has 4 atom stereocenters. The van der Waals surface area contributed by atoms with E-state index in [1.807, 2.05) is 43.3 Å². The zero-order valence-electron chi connectivity index (χ0n) is 17.5. The van der Waals surface area contributed by atoms with Crippen LogP contribution in [0.15, 0.2) is 24.3 Å². The molecule has 9 heteroatoms. The van der Waals surface area contributed by atoms with Crippen LogP contribution in [-0.2, 0) is 9.47 Å². The van der Waals surface area contributed by atoms with Crippen LogP contribution >= 0.6 is 0 Å². The Balaban J connectivity index is 1.43. The summed E-state index contributed by atoms with van der Waals surface area (Å²) in [6, 6.07) is 8.23. The number of nitrogens with one attached hydrogen (secondary N) is 1. The Labute approximate surface area is 171 Å². The van der Waals surface area contributed by atoms with Gasteiger partial charge in [-0.3, -0.25) is 0 Å². The van der Waals surface area contributed by atoms with E-state index in [4.69, 9.17) is 14.2 Å². The Morgan fingerprint density at radius 1 is 1.24 bits per heavy atom. The molecule has 2 aliphatic rings. The van der Waals surface area contributed by atoms with Crippen LogP contribution in [0.1, 0.15) is 26.3 Å². The van der Waals surface area contributed by atoms with Gasteiger partial charge in [-0.05, 0) is 41.4 Å². The minimum atomic E-state index is -0.112. The quantitative estimate of drug-likeness (QED) is 0.716. The number of fused-ring (bicyclic) bond motifs is 1. The summed E-state index contributed by atoms with van der Waals surface area (Å²) in [5, 5.41) is 15.6. The molecular weight excluding hydrogens is 372 g/mol. The number of benzene rings is 1. The van der Waals surface area contributed by atoms with Gasteiger partial charge in [-0.2, -0.15) is 4.68 Å². The SMILES string of the molecule is CC(C)CCN[C@H]1CO[C@H]2[C@@H]1OC[C@@H]2n1nnnc1Oc1cccc(N(C)C)c1. The van der Waals surface area contributed by atoms with Gasteiger partial charge >= 0.3 is 6.01 Å². The van der Waals surface area contributed by atoms with Crippen molar-refractivity contribution >= 4 is 5.69 Å². The van der Waals surface area contributed by atoms with Crippen LogP contribution in [0.4, 0.5) is 5.69 Å². The molecule has 158 valence electrons. The van der Waals surface area contributed by atoms with E-state index in [2.05, 4.69) is 34.7 Å². The van der Waals surface area contributed by atoms with Gasteiger partial charge in [0.15, 0.2) is 0 Å². The average molecular weight is 402 g/mol. The number of hydrogen-bond donors (Lipinski definition) is 1. The molecule has 1 aromatic heterocycles. The fraction of sp³-hybridized carbons (Fsp3) is 0.650. The van der Waals surface area contributed by atoms with E-state index < -0.39 is 0 Å². The third kappa shape index (κ3) is 4.36. The summed E-state index contributed by atoms with van der Waals surface area (Å²) in [6.07, 6.45) is 1.04. The van der Waals surface area contributed by atoms with Crippen molar-refractivity contribution < 1.29 is 14.2 Å². The Bertz CT molecular complexity index is 811. The maximum atomic E-state index is 6.07. The molecule has 0 unspecified atom stereocenters. The van der Waals surface area contributed by atoms with E-state index in [0.29, 0.717) is 30.9 Å². The molecule has 3 heterocycles. The third-order valence-corrected chi connectivity index (χ3v) is 5.48. The van der Waals surface area contributed by atoms with E-state index >= 15 is 0 Å². The maximum absolute atomic E-state index is 6.07. The largest absolute Gasteiger partial charge is 0.423 e. The van der Waals surface area contributed by atoms with Crippen molar-refractivity contribution in [3.8, 4) is 11.8 Å². The molecule has 2 saturated heterocycles. The molecule has 1 aromatic carbocycles. The number of hydrogen-bond acceptors (Lipinski definition) is 8. The number of rotatable bonds is 8. The van der Waals surface area contributed by atoms with E-state index in [-0.39, 0.29) is 24.3 Å². The number of aromatic nitrogens is 4. The molecule has 0 aliphatic carbocycles. The van der Waals surface area contributed by atoms with E-state index in [9.17, 15) is 0 Å². The topological polar surface area (TPSA) is 86.6 Å². The Morgan fingerprint density at radius 2 is 2.07 bits per heavy atom. The summed E-state index contributed by atoms with van der Waals surface area (Å²) >= 11 is 0. The van der Waals surface area contributed by atoms with E-state index in [1.54, 1.807) is 4.68 Å². The predicted molar refractivity (Wildman–Crippen MR) is 108 cm³/mol. The maximum Gasteiger partial charge on any atom is 0.341 e. The molecule has 2 aliphatic heterocycles. The molecule has 0 spiro atoms. The zero-order valence-corrected chi connectivity index (χ0v) is 17.5. The first kappa shape index (κ1) is 20.1. The standard InChI is InChI=1S/C20H30N6O3/c1-13(2)8-9-21-16-11-27-19-17(12-28-18(16)19)26-20(22-23-24-26)29-15-7-5-6-14(10-15)25(3)4/h5-7,10,13,16-19,21H,8-9,11-12H2,1-4H3/t16-,17-,18+,19+/m0/s1. The van der Waals surface area contributed by atoms with Crippen molar-refractivity contribution in [1.82, 2.24) is 25.5 Å². The molecule has 9 nitrogen and oxygen atoms in total. The number of nitrogens with zero attached hydrogens (tertiary/aromatic N) is 5. The van der Waals surface area contributed by atoms with E-state index in [1.165, 1.54) is 0 Å². The second-order valence-electron chi connectivity index (χ2n) is 8.31. The molecule has 0 saturated carbocycles. The summed E-state index contributed by atoms with van der Waals surface area (Å²) in [7, 11) is 3.98. The summed E-state index contributed by atoms with van der Waals surface area (Å²) in [5.74, 6) is 1.35. The minimum absolute atomic E-state index is 0.00119. The smallest absolute Gasteiger partial charge is 0.341 e. The van der Waals surface area contributed by atoms with Crippen molar-refractivity contribution in [2.24, 2.45) is 5.92 Å². The Hall–Kier alpha value is -2.23. The first-order valence-electron chi connectivity index (χ1n) is 10.2. The highest BCUT2D eigenvalue weighted by Gasteiger charge is 2.49. The molecule has 0 radical (unpaired) electrons. The van der Waals surface area contributed by atoms with Gasteiger partial charge in [-0.15, -0.1) is 0 Å². The van der Waals surface area contributed by atoms with Crippen molar-refractivity contribution in [3.63, 3.8) is 0 Å². The molecule has 0 amide bonds. The van der Waals surface area contributed by atoms with Gasteiger partial charge < -0.3 is 24.4 Å². The first-order valence-corrected chi connectivity index (χ1v) is 10.2. The van der Waals surface area contributed by atoms with Crippen LogP contribution in [0.2, 0.25) is 0 Å². The van der Waals surface area contributed by atoms with E-state index in [0.717, 1.165) is 18.7 Å². The summed E-state index contributed by atoms with van der Waals surface area (Å²) in [4.78, 5) is 2.02. The van der Waals surface area contributed by atoms with Crippen LogP contribution in [0.5, 0.6) is 11.8 Å². The molecule has 4 rings (SSSR count). The molecule has 0 bridgehead atoms. The lowest BCUT2D eigenvalue weighted by Gasteiger charge is -2.18. The summed E-state index contributed by atoms with van der Waals surface area (Å²) in [6.45, 7) is 6.55. The van der Waals surface area contributed by atoms with Crippen LogP contribution in [0.3, 0.4) is 0 Å². The second-order valence-corrected chi connectivity index (χ2v) is 8.31. The van der Waals surface area contributed by atoms with Crippen molar-refractivity contribution in [1.29, 1.82) is 0 Å². The Kier molecular flexibility index (Phi) is 5.98. The first-order chi connectivity index (χ1) is 14.0. The molecule has 1 N–H and O–H groups in total. The van der Waals surface area contributed by atoms with Crippen molar-refractivity contribution in [2.45, 2.75) is 44.6 Å². The Morgan fingerprint density at radius 3 is 2.86 bits per heavy atom. The number of anilines is 1. The van der Waals surface area contributed by atoms with Crippen LogP contribution in [0.25, 0.3) is 0 Å². The number of ether oxygens (including phenoxy) is 3. The van der Waals surface area contributed by atoms with Crippen LogP contribution in [0, 0.1) is 5.92 Å². The van der Waals surface area contributed by atoms with Crippen LogP contribution in [-0.4, -0.2) is 72.3 Å². The van der Waals surface area contributed by atoms with Gasteiger partial charge in [0.2, 0.25) is 0 Å². The van der Waals surface area contributed by atoms with Crippen LogP contribution < -0.4 is 15.0 Å². The average Bonchev–Trinajstić information content (AvgIpc) is 3.39. The van der Waals surface area contributed by atoms with Gasteiger partial charge in [0.25, 0.3) is 0 Å². The molecule has 29 heavy (non-hydrogen) atoms. The fourth-order valence-corrected chi connectivity index (χ4v) is 3.81. The van der Waals surface area contributed by atoms with Gasteiger partial charge in [0, 0.05) is 25.8 Å². The van der Waals surface area contributed by atoms with Crippen molar-refractivity contribution in [2.75, 3.05) is 38.8 Å². The summed E-state index contributed by atoms with van der Waals surface area (Å²) in [5.41, 5.74) is 1.04. The highest BCUT2D eigenvalue weighted by atomic mass is 16.6. The molecule has 2 aromatic rings. The summed E-state index contributed by atoms with van der Waals surface area (Å²) < 4.78 is 19.8. The lowest BCUT2D eigenvalue weighted by atomic mass is 10.1. The highest BCUT2D eigenvalue weighted by Crippen LogP contribution is 2.36. The lowest BCUT2D eigenvalue weighted by molar-refractivity contribution is 0.0611. The highest BCUT2D eigenvalue weighted by molar-refractivity contribution is 5.49. The fourth-order valence-electron chi connectivity index (χ4n) is 3.81. The predicted octanol–water partition coefficient (Wildman–Crippen LogP) is 1.87. The lowest BCUT2D eigenvalue weighted by Crippen LogP contribution is -2.41.